The molecule has 0 radical (unpaired) electrons. The van der Waals surface area contributed by atoms with E-state index in [4.69, 9.17) is 0 Å². The van der Waals surface area contributed by atoms with Gasteiger partial charge in [-0.2, -0.15) is 5.10 Å². The van der Waals surface area contributed by atoms with E-state index in [1.54, 1.807) is 30.1 Å². The van der Waals surface area contributed by atoms with Gasteiger partial charge in [-0.15, -0.1) is 0 Å². The summed E-state index contributed by atoms with van der Waals surface area (Å²) in [5.41, 5.74) is 0.609. The highest BCUT2D eigenvalue weighted by molar-refractivity contribution is 5.92. The first kappa shape index (κ1) is 17.3. The SMILES string of the molecule is CN(C)C(=O)N1CCC(C(=O)Nc2cnn(C(C)(C)C)c2)CC1. The summed E-state index contributed by atoms with van der Waals surface area (Å²) in [7, 11) is 3.49. The molecule has 7 heteroatoms. The van der Waals surface area contributed by atoms with Crippen molar-refractivity contribution in [3.63, 3.8) is 0 Å². The zero-order valence-electron chi connectivity index (χ0n) is 14.7. The molecule has 0 aromatic carbocycles. The third kappa shape index (κ3) is 4.24. The average molecular weight is 321 g/mol. The van der Waals surface area contributed by atoms with Crippen molar-refractivity contribution in [2.75, 3.05) is 32.5 Å². The van der Waals surface area contributed by atoms with Gasteiger partial charge in [-0.05, 0) is 33.6 Å². The van der Waals surface area contributed by atoms with E-state index in [9.17, 15) is 9.59 Å². The summed E-state index contributed by atoms with van der Waals surface area (Å²) in [5.74, 6) is -0.0467. The van der Waals surface area contributed by atoms with Crippen LogP contribution >= 0.6 is 0 Å². The number of carbonyl (C=O) groups is 2. The highest BCUT2D eigenvalue weighted by atomic mass is 16.2. The molecule has 1 fully saturated rings. The number of nitrogens with zero attached hydrogens (tertiary/aromatic N) is 4. The van der Waals surface area contributed by atoms with Crippen LogP contribution in [0.5, 0.6) is 0 Å². The predicted molar refractivity (Wildman–Crippen MR) is 89.2 cm³/mol. The molecule has 128 valence electrons. The maximum absolute atomic E-state index is 12.4. The standard InChI is InChI=1S/C16H27N5O2/c1-16(2,3)21-11-13(10-17-21)18-14(22)12-6-8-20(9-7-12)15(23)19(4)5/h10-12H,6-9H2,1-5H3,(H,18,22). The first-order valence-corrected chi connectivity index (χ1v) is 8.00. The van der Waals surface area contributed by atoms with Crippen LogP contribution in [0.25, 0.3) is 0 Å². The van der Waals surface area contributed by atoms with E-state index < -0.39 is 0 Å². The summed E-state index contributed by atoms with van der Waals surface area (Å²) in [5, 5.41) is 7.22. The van der Waals surface area contributed by atoms with Crippen LogP contribution in [0.15, 0.2) is 12.4 Å². The van der Waals surface area contributed by atoms with Crippen LogP contribution in [-0.4, -0.2) is 58.7 Å². The van der Waals surface area contributed by atoms with Crippen molar-refractivity contribution in [3.8, 4) is 0 Å². The number of aromatic nitrogens is 2. The molecule has 1 saturated heterocycles. The van der Waals surface area contributed by atoms with Crippen molar-refractivity contribution in [3.05, 3.63) is 12.4 Å². The number of amides is 3. The number of likely N-dealkylation sites (tertiary alicyclic amines) is 1. The second kappa shape index (κ2) is 6.60. The maximum atomic E-state index is 12.4. The third-order valence-corrected chi connectivity index (χ3v) is 4.06. The molecule has 1 aliphatic heterocycles. The molecular formula is C16H27N5O2. The molecule has 1 aromatic heterocycles. The number of nitrogens with one attached hydrogen (secondary N) is 1. The zero-order chi connectivity index (χ0) is 17.2. The highest BCUT2D eigenvalue weighted by Gasteiger charge is 2.28. The number of anilines is 1. The third-order valence-electron chi connectivity index (χ3n) is 4.06. The number of rotatable bonds is 2. The molecule has 0 saturated carbocycles. The van der Waals surface area contributed by atoms with E-state index in [0.717, 1.165) is 5.69 Å². The van der Waals surface area contributed by atoms with Gasteiger partial charge < -0.3 is 15.1 Å². The Morgan fingerprint density at radius 1 is 1.26 bits per heavy atom. The van der Waals surface area contributed by atoms with Crippen molar-refractivity contribution >= 4 is 17.6 Å². The quantitative estimate of drug-likeness (QED) is 0.905. The van der Waals surface area contributed by atoms with Gasteiger partial charge in [-0.25, -0.2) is 4.79 Å². The van der Waals surface area contributed by atoms with Crippen molar-refractivity contribution in [1.82, 2.24) is 19.6 Å². The molecule has 0 atom stereocenters. The zero-order valence-corrected chi connectivity index (χ0v) is 14.7. The van der Waals surface area contributed by atoms with E-state index in [1.165, 1.54) is 0 Å². The first-order valence-electron chi connectivity index (χ1n) is 8.00. The van der Waals surface area contributed by atoms with E-state index in [-0.39, 0.29) is 23.4 Å². The Morgan fingerprint density at radius 3 is 2.35 bits per heavy atom. The van der Waals surface area contributed by atoms with Crippen molar-refractivity contribution < 1.29 is 9.59 Å². The van der Waals surface area contributed by atoms with Gasteiger partial charge >= 0.3 is 6.03 Å². The lowest BCUT2D eigenvalue weighted by atomic mass is 9.96. The predicted octanol–water partition coefficient (Wildman–Crippen LogP) is 1.97. The smallest absolute Gasteiger partial charge is 0.319 e. The Morgan fingerprint density at radius 2 is 1.87 bits per heavy atom. The van der Waals surface area contributed by atoms with Gasteiger partial charge in [-0.1, -0.05) is 0 Å². The summed E-state index contributed by atoms with van der Waals surface area (Å²) in [6, 6.07) is 0.00955. The van der Waals surface area contributed by atoms with E-state index >= 15 is 0 Å². The molecule has 0 unspecified atom stereocenters. The maximum Gasteiger partial charge on any atom is 0.319 e. The van der Waals surface area contributed by atoms with E-state index in [1.807, 2.05) is 10.9 Å². The number of hydrogen-bond donors (Lipinski definition) is 1. The average Bonchev–Trinajstić information content (AvgIpc) is 2.95. The van der Waals surface area contributed by atoms with E-state index in [0.29, 0.717) is 25.9 Å². The summed E-state index contributed by atoms with van der Waals surface area (Å²) < 4.78 is 1.83. The summed E-state index contributed by atoms with van der Waals surface area (Å²) in [4.78, 5) is 27.6. The highest BCUT2D eigenvalue weighted by Crippen LogP contribution is 2.21. The molecule has 0 spiro atoms. The van der Waals surface area contributed by atoms with Gasteiger partial charge in [0.15, 0.2) is 0 Å². The fourth-order valence-electron chi connectivity index (χ4n) is 2.61. The molecule has 23 heavy (non-hydrogen) atoms. The lowest BCUT2D eigenvalue weighted by molar-refractivity contribution is -0.121. The van der Waals surface area contributed by atoms with Crippen molar-refractivity contribution in [2.45, 2.75) is 39.2 Å². The fraction of sp³-hybridized carbons (Fsp3) is 0.688. The minimum Gasteiger partial charge on any atom is -0.331 e. The Hall–Kier alpha value is -2.05. The van der Waals surface area contributed by atoms with Gasteiger partial charge in [0.1, 0.15) is 0 Å². The number of hydrogen-bond acceptors (Lipinski definition) is 3. The number of piperidine rings is 1. The van der Waals surface area contributed by atoms with Gasteiger partial charge in [0, 0.05) is 39.3 Å². The largest absolute Gasteiger partial charge is 0.331 e. The van der Waals surface area contributed by atoms with Gasteiger partial charge in [-0.3, -0.25) is 9.48 Å². The van der Waals surface area contributed by atoms with E-state index in [2.05, 4.69) is 31.2 Å². The van der Waals surface area contributed by atoms with Crippen LogP contribution in [0, 0.1) is 5.92 Å². The second-order valence-electron chi connectivity index (χ2n) is 7.27. The molecular weight excluding hydrogens is 294 g/mol. The normalized spacial score (nSPS) is 16.3. The van der Waals surface area contributed by atoms with Crippen LogP contribution < -0.4 is 5.32 Å². The van der Waals surface area contributed by atoms with Crippen LogP contribution in [0.1, 0.15) is 33.6 Å². The van der Waals surface area contributed by atoms with Gasteiger partial charge in [0.25, 0.3) is 0 Å². The lowest BCUT2D eigenvalue weighted by Crippen LogP contribution is -2.45. The van der Waals surface area contributed by atoms with Crippen molar-refractivity contribution in [1.29, 1.82) is 0 Å². The summed E-state index contributed by atoms with van der Waals surface area (Å²) in [6.07, 6.45) is 4.91. The van der Waals surface area contributed by atoms with Crippen LogP contribution in [0.4, 0.5) is 10.5 Å². The topological polar surface area (TPSA) is 70.5 Å². The lowest BCUT2D eigenvalue weighted by Gasteiger charge is -2.32. The molecule has 3 amide bonds. The number of carbonyl (C=O) groups excluding carboxylic acids is 2. The molecule has 2 rings (SSSR count). The molecule has 0 aliphatic carbocycles. The van der Waals surface area contributed by atoms with Crippen LogP contribution in [0.2, 0.25) is 0 Å². The summed E-state index contributed by atoms with van der Waals surface area (Å²) >= 11 is 0. The Kier molecular flexibility index (Phi) is 4.97. The minimum absolute atomic E-state index is 0.00955. The Labute approximate surface area is 137 Å². The monoisotopic (exact) mass is 321 g/mol. The molecule has 1 N–H and O–H groups in total. The van der Waals surface area contributed by atoms with Gasteiger partial charge in [0.2, 0.25) is 5.91 Å². The molecule has 7 nitrogen and oxygen atoms in total. The first-order chi connectivity index (χ1) is 10.7. The van der Waals surface area contributed by atoms with Crippen LogP contribution in [-0.2, 0) is 10.3 Å². The molecule has 2 heterocycles. The Balaban J connectivity index is 1.88. The second-order valence-corrected chi connectivity index (χ2v) is 7.27. The minimum atomic E-state index is -0.110. The molecule has 0 bridgehead atoms. The molecule has 1 aromatic rings. The van der Waals surface area contributed by atoms with Crippen molar-refractivity contribution in [2.24, 2.45) is 5.92 Å². The Bertz CT molecular complexity index is 565. The molecule has 1 aliphatic rings. The summed E-state index contributed by atoms with van der Waals surface area (Å²) in [6.45, 7) is 7.42. The number of urea groups is 1. The fourth-order valence-corrected chi connectivity index (χ4v) is 2.61. The van der Waals surface area contributed by atoms with Crippen LogP contribution in [0.3, 0.4) is 0 Å². The van der Waals surface area contributed by atoms with Gasteiger partial charge in [0.05, 0.1) is 17.4 Å².